The lowest BCUT2D eigenvalue weighted by Gasteiger charge is -2.19. The molecule has 1 nitrogen and oxygen atoms in total. The van der Waals surface area contributed by atoms with E-state index in [1.807, 2.05) is 0 Å². The second-order valence-corrected chi connectivity index (χ2v) is 15.2. The monoisotopic (exact) mass is 721 g/mol. The molecule has 0 N–H and O–H groups in total. The third-order valence-corrected chi connectivity index (χ3v) is 12.1. The maximum Gasteiger partial charge on any atom is 0.0547 e. The van der Waals surface area contributed by atoms with E-state index >= 15 is 0 Å². The Morgan fingerprint density at radius 2 is 0.684 bits per heavy atom. The van der Waals surface area contributed by atoms with Gasteiger partial charge in [-0.25, -0.2) is 0 Å². The van der Waals surface area contributed by atoms with E-state index in [2.05, 4.69) is 217 Å². The normalized spacial score (nSPS) is 11.9. The summed E-state index contributed by atoms with van der Waals surface area (Å²) in [5.41, 5.74) is 11.0. The second-order valence-electron chi connectivity index (χ2n) is 15.2. The number of nitrogens with zero attached hydrogens (tertiary/aromatic N) is 1. The fraction of sp³-hybridized carbons (Fsp3) is 0. The van der Waals surface area contributed by atoms with Gasteiger partial charge >= 0.3 is 0 Å². The predicted octanol–water partition coefficient (Wildman–Crippen LogP) is 15.6. The average molecular weight is 722 g/mol. The smallest absolute Gasteiger partial charge is 0.0547 e. The van der Waals surface area contributed by atoms with Crippen molar-refractivity contribution in [1.82, 2.24) is 4.57 Å². The van der Waals surface area contributed by atoms with Crippen molar-refractivity contribution >= 4 is 75.7 Å². The highest BCUT2D eigenvalue weighted by Gasteiger charge is 2.20. The highest BCUT2D eigenvalue weighted by molar-refractivity contribution is 6.28. The molecular formula is C56H35N. The van der Waals surface area contributed by atoms with Gasteiger partial charge in [0.25, 0.3) is 0 Å². The van der Waals surface area contributed by atoms with E-state index in [1.54, 1.807) is 0 Å². The summed E-state index contributed by atoms with van der Waals surface area (Å²) in [5, 5.41) is 15.2. The summed E-state index contributed by atoms with van der Waals surface area (Å²) in [6, 6.07) is 78.3. The molecule has 12 rings (SSSR count). The molecule has 264 valence electrons. The molecule has 0 aliphatic heterocycles. The van der Waals surface area contributed by atoms with Crippen LogP contribution in [0.1, 0.15) is 0 Å². The van der Waals surface area contributed by atoms with Crippen molar-refractivity contribution in [2.75, 3.05) is 0 Å². The Labute approximate surface area is 330 Å². The van der Waals surface area contributed by atoms with Gasteiger partial charge in [0, 0.05) is 16.5 Å². The molecule has 0 bridgehead atoms. The van der Waals surface area contributed by atoms with Crippen molar-refractivity contribution in [2.24, 2.45) is 0 Å². The molecule has 1 aromatic heterocycles. The van der Waals surface area contributed by atoms with Crippen LogP contribution < -0.4 is 0 Å². The standard InChI is InChI=1S/C56H35N/c1-2-15-39(16-3-1)54-48-21-11-10-20-47(48)53(49-31-26-43(35-50(49)54)42-23-22-36-12-4-5-17-41(36)34-42)40-24-29-44(30-25-40)57-51-32-27-37-13-6-8-18-45(37)55(51)56-46-19-9-7-14-38(46)28-33-52(56)57/h1-35H. The highest BCUT2D eigenvalue weighted by atomic mass is 15.0. The van der Waals surface area contributed by atoms with E-state index in [1.165, 1.54) is 109 Å². The minimum absolute atomic E-state index is 1.15. The number of hydrogen-bond acceptors (Lipinski definition) is 0. The lowest BCUT2D eigenvalue weighted by Crippen LogP contribution is -1.95. The van der Waals surface area contributed by atoms with Crippen LogP contribution in [0.2, 0.25) is 0 Å². The Morgan fingerprint density at radius 3 is 1.33 bits per heavy atom. The van der Waals surface area contributed by atoms with Crippen LogP contribution in [0.4, 0.5) is 0 Å². The van der Waals surface area contributed by atoms with Crippen LogP contribution in [-0.4, -0.2) is 4.57 Å². The summed E-state index contributed by atoms with van der Waals surface area (Å²) in [7, 11) is 0. The molecule has 0 radical (unpaired) electrons. The molecule has 0 saturated carbocycles. The van der Waals surface area contributed by atoms with E-state index in [4.69, 9.17) is 0 Å². The zero-order valence-electron chi connectivity index (χ0n) is 31.2. The van der Waals surface area contributed by atoms with Crippen LogP contribution in [0.3, 0.4) is 0 Å². The van der Waals surface area contributed by atoms with Gasteiger partial charge in [0.05, 0.1) is 11.0 Å². The van der Waals surface area contributed by atoms with Crippen LogP contribution in [0, 0.1) is 0 Å². The van der Waals surface area contributed by atoms with Gasteiger partial charge in [-0.2, -0.15) is 0 Å². The van der Waals surface area contributed by atoms with E-state index in [0.717, 1.165) is 5.69 Å². The van der Waals surface area contributed by atoms with Crippen molar-refractivity contribution < 1.29 is 0 Å². The fourth-order valence-electron chi connectivity index (χ4n) is 9.56. The molecule has 12 aromatic rings. The molecule has 11 aromatic carbocycles. The first-order valence-corrected chi connectivity index (χ1v) is 19.8. The lowest BCUT2D eigenvalue weighted by atomic mass is 9.84. The zero-order valence-corrected chi connectivity index (χ0v) is 31.2. The maximum atomic E-state index is 2.46. The van der Waals surface area contributed by atoms with Gasteiger partial charge in [-0.05, 0) is 124 Å². The minimum atomic E-state index is 1.15. The Morgan fingerprint density at radius 1 is 0.246 bits per heavy atom. The summed E-state index contributed by atoms with van der Waals surface area (Å²) < 4.78 is 2.46. The fourth-order valence-corrected chi connectivity index (χ4v) is 9.56. The first-order chi connectivity index (χ1) is 28.3. The SMILES string of the molecule is c1ccc(-c2c3ccccc3c(-c3ccc(-n4c5ccc6ccccc6c5c5c6ccccc6ccc54)cc3)c3ccc(-c4ccc5ccccc5c4)cc23)cc1. The first-order valence-electron chi connectivity index (χ1n) is 19.8. The van der Waals surface area contributed by atoms with Crippen LogP contribution >= 0.6 is 0 Å². The number of aromatic nitrogens is 1. The average Bonchev–Trinajstić information content (AvgIpc) is 3.63. The number of fused-ring (bicyclic) bond motifs is 10. The van der Waals surface area contributed by atoms with E-state index < -0.39 is 0 Å². The third-order valence-electron chi connectivity index (χ3n) is 12.1. The molecule has 57 heavy (non-hydrogen) atoms. The van der Waals surface area contributed by atoms with Gasteiger partial charge in [-0.1, -0.05) is 176 Å². The lowest BCUT2D eigenvalue weighted by molar-refractivity contribution is 1.18. The largest absolute Gasteiger partial charge is 0.309 e. The summed E-state index contributed by atoms with van der Waals surface area (Å²) in [4.78, 5) is 0. The molecule has 1 heteroatoms. The molecule has 0 fully saturated rings. The topological polar surface area (TPSA) is 4.93 Å². The molecule has 0 saturated heterocycles. The zero-order chi connectivity index (χ0) is 37.5. The molecule has 0 amide bonds. The van der Waals surface area contributed by atoms with E-state index in [0.29, 0.717) is 0 Å². The summed E-state index contributed by atoms with van der Waals surface area (Å²) >= 11 is 0. The van der Waals surface area contributed by atoms with Crippen LogP contribution in [0.15, 0.2) is 212 Å². The molecule has 0 spiro atoms. The molecule has 0 aliphatic rings. The van der Waals surface area contributed by atoms with Gasteiger partial charge in [-0.15, -0.1) is 0 Å². The quantitative estimate of drug-likeness (QED) is 0.160. The Balaban J connectivity index is 1.10. The Bertz CT molecular complexity index is 3460. The summed E-state index contributed by atoms with van der Waals surface area (Å²) in [6.45, 7) is 0. The summed E-state index contributed by atoms with van der Waals surface area (Å²) in [5.74, 6) is 0. The predicted molar refractivity (Wildman–Crippen MR) is 245 cm³/mol. The van der Waals surface area contributed by atoms with E-state index in [9.17, 15) is 0 Å². The van der Waals surface area contributed by atoms with Gasteiger partial charge in [0.1, 0.15) is 0 Å². The van der Waals surface area contributed by atoms with Crippen LogP contribution in [0.25, 0.3) is 115 Å². The Kier molecular flexibility index (Phi) is 7.00. The minimum Gasteiger partial charge on any atom is -0.309 e. The Hall–Kier alpha value is -7.48. The van der Waals surface area contributed by atoms with Crippen LogP contribution in [0.5, 0.6) is 0 Å². The number of rotatable bonds is 4. The van der Waals surface area contributed by atoms with Gasteiger partial charge in [0.15, 0.2) is 0 Å². The van der Waals surface area contributed by atoms with Crippen molar-refractivity contribution in [3.8, 4) is 39.1 Å². The van der Waals surface area contributed by atoms with Gasteiger partial charge < -0.3 is 4.57 Å². The molecule has 0 unspecified atom stereocenters. The second kappa shape index (κ2) is 12.5. The summed E-state index contributed by atoms with van der Waals surface area (Å²) in [6.07, 6.45) is 0. The van der Waals surface area contributed by atoms with Crippen molar-refractivity contribution in [2.45, 2.75) is 0 Å². The van der Waals surface area contributed by atoms with Crippen molar-refractivity contribution in [3.63, 3.8) is 0 Å². The number of hydrogen-bond donors (Lipinski definition) is 0. The van der Waals surface area contributed by atoms with E-state index in [-0.39, 0.29) is 0 Å². The highest BCUT2D eigenvalue weighted by Crippen LogP contribution is 2.46. The van der Waals surface area contributed by atoms with Crippen molar-refractivity contribution in [1.29, 1.82) is 0 Å². The maximum absolute atomic E-state index is 2.46. The third kappa shape index (κ3) is 4.89. The molecule has 0 atom stereocenters. The first kappa shape index (κ1) is 31.8. The number of benzene rings is 11. The molecule has 1 heterocycles. The van der Waals surface area contributed by atoms with Crippen LogP contribution in [-0.2, 0) is 0 Å². The van der Waals surface area contributed by atoms with Gasteiger partial charge in [-0.3, -0.25) is 0 Å². The molecule has 0 aliphatic carbocycles. The van der Waals surface area contributed by atoms with Gasteiger partial charge in [0.2, 0.25) is 0 Å². The molecular weight excluding hydrogens is 687 g/mol. The van der Waals surface area contributed by atoms with Crippen molar-refractivity contribution in [3.05, 3.63) is 212 Å².